The molecule has 1 aromatic carbocycles. The summed E-state index contributed by atoms with van der Waals surface area (Å²) in [5, 5.41) is 10.0. The van der Waals surface area contributed by atoms with Crippen molar-refractivity contribution in [1.82, 2.24) is 0 Å². The summed E-state index contributed by atoms with van der Waals surface area (Å²) in [6.45, 7) is 0.0178. The lowest BCUT2D eigenvalue weighted by Gasteiger charge is -1.93. The Hall–Kier alpha value is -0.200. The Labute approximate surface area is 92.3 Å². The lowest BCUT2D eigenvalue weighted by Crippen LogP contribution is -1.82. The average molecular weight is 308 g/mol. The molecule has 0 atom stereocenters. The number of halogens is 2. The van der Waals surface area contributed by atoms with Crippen LogP contribution in [0, 0.1) is 8.70 Å². The highest BCUT2D eigenvalue weighted by Crippen LogP contribution is 2.32. The van der Waals surface area contributed by atoms with E-state index in [1.807, 2.05) is 0 Å². The summed E-state index contributed by atoms with van der Waals surface area (Å²) in [7, 11) is 0. The van der Waals surface area contributed by atoms with Crippen molar-refractivity contribution in [2.24, 2.45) is 0 Å². The van der Waals surface area contributed by atoms with E-state index in [1.54, 1.807) is 6.07 Å². The molecule has 13 heavy (non-hydrogen) atoms. The van der Waals surface area contributed by atoms with Crippen molar-refractivity contribution >= 4 is 44.0 Å². The molecule has 0 saturated heterocycles. The van der Waals surface area contributed by atoms with Crippen LogP contribution in [0.25, 0.3) is 10.1 Å². The highest BCUT2D eigenvalue weighted by atomic mass is 127. The number of hydrogen-bond donors (Lipinski definition) is 1. The molecule has 0 aliphatic heterocycles. The van der Waals surface area contributed by atoms with Crippen molar-refractivity contribution in [2.45, 2.75) is 6.61 Å². The molecule has 0 fully saturated rings. The number of aliphatic hydroxyl groups excluding tert-OH is 1. The summed E-state index contributed by atoms with van der Waals surface area (Å²) in [6.07, 6.45) is 0. The average Bonchev–Trinajstić information content (AvgIpc) is 2.39. The topological polar surface area (TPSA) is 20.2 Å². The third kappa shape index (κ3) is 1.58. The van der Waals surface area contributed by atoms with E-state index in [4.69, 9.17) is 5.11 Å². The molecule has 1 nitrogen and oxygen atoms in total. The second-order valence-corrected chi connectivity index (χ2v) is 5.52. The molecule has 68 valence electrons. The number of thiophene rings is 1. The van der Waals surface area contributed by atoms with E-state index < -0.39 is 0 Å². The van der Waals surface area contributed by atoms with Gasteiger partial charge in [-0.1, -0.05) is 6.07 Å². The minimum atomic E-state index is -0.227. The molecule has 1 aromatic heterocycles. The lowest BCUT2D eigenvalue weighted by atomic mass is 10.2. The molecule has 4 heteroatoms. The predicted octanol–water partition coefficient (Wildman–Crippen LogP) is 3.14. The van der Waals surface area contributed by atoms with Gasteiger partial charge in [0.1, 0.15) is 5.82 Å². The third-order valence-corrected chi connectivity index (χ3v) is 4.16. The van der Waals surface area contributed by atoms with Gasteiger partial charge in [0.15, 0.2) is 0 Å². The van der Waals surface area contributed by atoms with Gasteiger partial charge in [0, 0.05) is 10.3 Å². The molecule has 2 aromatic rings. The summed E-state index contributed by atoms with van der Waals surface area (Å²) in [4.78, 5) is 0. The first kappa shape index (κ1) is 9.36. The van der Waals surface area contributed by atoms with E-state index in [0.717, 1.165) is 18.5 Å². The van der Waals surface area contributed by atoms with Gasteiger partial charge in [0.2, 0.25) is 0 Å². The van der Waals surface area contributed by atoms with Gasteiger partial charge in [-0.3, -0.25) is 0 Å². The van der Waals surface area contributed by atoms with E-state index in [0.29, 0.717) is 0 Å². The van der Waals surface area contributed by atoms with Crippen molar-refractivity contribution in [1.29, 1.82) is 0 Å². The first-order valence-electron chi connectivity index (χ1n) is 3.69. The maximum atomic E-state index is 12.8. The smallest absolute Gasteiger partial charge is 0.124 e. The van der Waals surface area contributed by atoms with Crippen LogP contribution in [-0.2, 0) is 6.61 Å². The Kier molecular flexibility index (Phi) is 2.53. The van der Waals surface area contributed by atoms with Crippen LogP contribution in [0.15, 0.2) is 18.2 Å². The van der Waals surface area contributed by atoms with Crippen LogP contribution in [0.1, 0.15) is 5.56 Å². The van der Waals surface area contributed by atoms with E-state index in [-0.39, 0.29) is 12.4 Å². The summed E-state index contributed by atoms with van der Waals surface area (Å²) in [6, 6.07) is 4.64. The molecule has 0 saturated carbocycles. The van der Waals surface area contributed by atoms with E-state index in [9.17, 15) is 4.39 Å². The molecule has 1 heterocycles. The van der Waals surface area contributed by atoms with Gasteiger partial charge in [0.05, 0.1) is 9.49 Å². The van der Waals surface area contributed by atoms with Gasteiger partial charge in [0.25, 0.3) is 0 Å². The SMILES string of the molecule is OCc1c(I)sc2cc(F)ccc12. The summed E-state index contributed by atoms with van der Waals surface area (Å²) < 4.78 is 14.7. The molecule has 0 aliphatic rings. The molecule has 2 rings (SSSR count). The molecular weight excluding hydrogens is 302 g/mol. The standard InChI is InChI=1S/C9H6FIOS/c10-5-1-2-6-7(4-12)9(11)13-8(6)3-5/h1-3,12H,4H2. The van der Waals surface area contributed by atoms with Gasteiger partial charge >= 0.3 is 0 Å². The van der Waals surface area contributed by atoms with Crippen molar-refractivity contribution < 1.29 is 9.50 Å². The number of fused-ring (bicyclic) bond motifs is 1. The van der Waals surface area contributed by atoms with Crippen LogP contribution >= 0.6 is 33.9 Å². The normalized spacial score (nSPS) is 11.0. The first-order chi connectivity index (χ1) is 6.22. The Morgan fingerprint density at radius 1 is 1.46 bits per heavy atom. The van der Waals surface area contributed by atoms with Crippen LogP contribution in [0.5, 0.6) is 0 Å². The van der Waals surface area contributed by atoms with Crippen molar-refractivity contribution in [3.63, 3.8) is 0 Å². The van der Waals surface area contributed by atoms with Crippen LogP contribution in [-0.4, -0.2) is 5.11 Å². The van der Waals surface area contributed by atoms with Gasteiger partial charge < -0.3 is 5.11 Å². The van der Waals surface area contributed by atoms with Crippen molar-refractivity contribution in [3.05, 3.63) is 32.5 Å². The molecule has 0 radical (unpaired) electrons. The van der Waals surface area contributed by atoms with Crippen LogP contribution in [0.2, 0.25) is 0 Å². The Morgan fingerprint density at radius 2 is 2.23 bits per heavy atom. The maximum Gasteiger partial charge on any atom is 0.124 e. The van der Waals surface area contributed by atoms with E-state index >= 15 is 0 Å². The molecule has 0 amide bonds. The Balaban J connectivity index is 2.79. The van der Waals surface area contributed by atoms with Gasteiger partial charge in [-0.25, -0.2) is 4.39 Å². The van der Waals surface area contributed by atoms with Gasteiger partial charge in [-0.2, -0.15) is 0 Å². The van der Waals surface area contributed by atoms with Crippen LogP contribution < -0.4 is 0 Å². The van der Waals surface area contributed by atoms with Crippen molar-refractivity contribution in [2.75, 3.05) is 0 Å². The first-order valence-corrected chi connectivity index (χ1v) is 5.59. The molecule has 0 aliphatic carbocycles. The van der Waals surface area contributed by atoms with Crippen molar-refractivity contribution in [3.8, 4) is 0 Å². The molecule has 0 spiro atoms. The Bertz CT molecular complexity index is 452. The minimum absolute atomic E-state index is 0.0178. The highest BCUT2D eigenvalue weighted by Gasteiger charge is 2.09. The predicted molar refractivity (Wildman–Crippen MR) is 60.4 cm³/mol. The lowest BCUT2D eigenvalue weighted by molar-refractivity contribution is 0.283. The highest BCUT2D eigenvalue weighted by molar-refractivity contribution is 14.1. The van der Waals surface area contributed by atoms with E-state index in [1.165, 1.54) is 23.5 Å². The largest absolute Gasteiger partial charge is 0.392 e. The summed E-state index contributed by atoms with van der Waals surface area (Å²) in [5.74, 6) is -0.227. The minimum Gasteiger partial charge on any atom is -0.392 e. The van der Waals surface area contributed by atoms with Crippen LogP contribution in [0.3, 0.4) is 0 Å². The summed E-state index contributed by atoms with van der Waals surface area (Å²) >= 11 is 3.67. The number of aliphatic hydroxyl groups is 1. The van der Waals surface area contributed by atoms with Gasteiger partial charge in [-0.15, -0.1) is 11.3 Å². The molecule has 1 N–H and O–H groups in total. The van der Waals surface area contributed by atoms with Crippen LogP contribution in [0.4, 0.5) is 4.39 Å². The fourth-order valence-corrected chi connectivity index (χ4v) is 3.38. The fourth-order valence-electron chi connectivity index (χ4n) is 1.24. The second-order valence-electron chi connectivity index (χ2n) is 2.65. The second kappa shape index (κ2) is 3.51. The Morgan fingerprint density at radius 3 is 2.92 bits per heavy atom. The quantitative estimate of drug-likeness (QED) is 0.803. The van der Waals surface area contributed by atoms with E-state index in [2.05, 4.69) is 22.6 Å². The fraction of sp³-hybridized carbons (Fsp3) is 0.111. The number of benzene rings is 1. The summed E-state index contributed by atoms with van der Waals surface area (Å²) in [5.41, 5.74) is 0.903. The third-order valence-electron chi connectivity index (χ3n) is 1.86. The monoisotopic (exact) mass is 308 g/mol. The van der Waals surface area contributed by atoms with Gasteiger partial charge in [-0.05, 0) is 40.1 Å². The molecule has 0 unspecified atom stereocenters. The number of rotatable bonds is 1. The molecular formula is C9H6FIOS. The maximum absolute atomic E-state index is 12.8. The molecule has 0 bridgehead atoms. The number of hydrogen-bond acceptors (Lipinski definition) is 2. The zero-order valence-electron chi connectivity index (χ0n) is 6.55. The zero-order chi connectivity index (χ0) is 9.42. The zero-order valence-corrected chi connectivity index (χ0v) is 9.52.